The number of benzene rings is 1. The van der Waals surface area contributed by atoms with Crippen LogP contribution < -0.4 is 4.90 Å². The van der Waals surface area contributed by atoms with E-state index in [2.05, 4.69) is 34.1 Å². The Balaban J connectivity index is 1.24. The number of hydrogen-bond acceptors (Lipinski definition) is 6. The minimum Gasteiger partial charge on any atom is -0.381 e. The lowest BCUT2D eigenvalue weighted by Crippen LogP contribution is -2.56. The van der Waals surface area contributed by atoms with Crippen LogP contribution in [0, 0.1) is 0 Å². The van der Waals surface area contributed by atoms with Crippen molar-refractivity contribution in [3.63, 3.8) is 0 Å². The summed E-state index contributed by atoms with van der Waals surface area (Å²) in [5, 5.41) is 1.30. The van der Waals surface area contributed by atoms with E-state index in [1.54, 1.807) is 11.5 Å². The fourth-order valence-corrected chi connectivity index (χ4v) is 5.60. The predicted molar refractivity (Wildman–Crippen MR) is 105 cm³/mol. The van der Waals surface area contributed by atoms with Crippen LogP contribution in [0.5, 0.6) is 0 Å². The monoisotopic (exact) mass is 373 g/mol. The first-order chi connectivity index (χ1) is 12.8. The Morgan fingerprint density at radius 2 is 1.85 bits per heavy atom. The second-order valence-corrected chi connectivity index (χ2v) is 8.62. The van der Waals surface area contributed by atoms with Gasteiger partial charge in [-0.1, -0.05) is 12.1 Å². The minimum atomic E-state index is 0.0867. The van der Waals surface area contributed by atoms with Gasteiger partial charge in [0.2, 0.25) is 0 Å². The molecule has 3 saturated heterocycles. The van der Waals surface area contributed by atoms with Crippen LogP contribution >= 0.6 is 11.5 Å². The number of aromatic nitrogens is 1. The Labute approximate surface area is 159 Å². The molecule has 4 heterocycles. The first kappa shape index (κ1) is 16.9. The molecule has 2 aromatic rings. The van der Waals surface area contributed by atoms with Crippen molar-refractivity contribution in [2.45, 2.75) is 37.3 Å². The Bertz CT molecular complexity index is 745. The summed E-state index contributed by atoms with van der Waals surface area (Å²) >= 11 is 1.62. The maximum absolute atomic E-state index is 6.23. The van der Waals surface area contributed by atoms with Crippen molar-refractivity contribution in [2.24, 2.45) is 0 Å². The van der Waals surface area contributed by atoms with Crippen LogP contribution in [0.3, 0.4) is 0 Å². The molecule has 3 fully saturated rings. The Morgan fingerprint density at radius 1 is 1.04 bits per heavy atom. The van der Waals surface area contributed by atoms with Gasteiger partial charge in [0.15, 0.2) is 0 Å². The van der Waals surface area contributed by atoms with Crippen LogP contribution in [0.4, 0.5) is 5.82 Å². The molecule has 6 heteroatoms. The third-order valence-electron chi connectivity index (χ3n) is 6.36. The van der Waals surface area contributed by atoms with Gasteiger partial charge >= 0.3 is 0 Å². The highest BCUT2D eigenvalue weighted by Crippen LogP contribution is 2.37. The van der Waals surface area contributed by atoms with Crippen LogP contribution in [0.2, 0.25) is 0 Å². The normalized spacial score (nSPS) is 27.2. The highest BCUT2D eigenvalue weighted by Gasteiger charge is 2.41. The molecule has 3 aliphatic rings. The number of fused-ring (bicyclic) bond motifs is 1. The zero-order chi connectivity index (χ0) is 17.4. The van der Waals surface area contributed by atoms with E-state index < -0.39 is 0 Å². The maximum atomic E-state index is 6.23. The quantitative estimate of drug-likeness (QED) is 0.808. The van der Waals surface area contributed by atoms with E-state index in [0.29, 0.717) is 6.04 Å². The van der Waals surface area contributed by atoms with Gasteiger partial charge in [-0.25, -0.2) is 0 Å². The Morgan fingerprint density at radius 3 is 2.69 bits per heavy atom. The van der Waals surface area contributed by atoms with E-state index in [-0.39, 0.29) is 5.60 Å². The third kappa shape index (κ3) is 3.13. The molecule has 1 aromatic carbocycles. The zero-order valence-electron chi connectivity index (χ0n) is 15.2. The molecule has 140 valence electrons. The summed E-state index contributed by atoms with van der Waals surface area (Å²) in [5.74, 6) is 1.18. The molecule has 5 rings (SSSR count). The second-order valence-electron chi connectivity index (χ2n) is 7.82. The molecule has 0 radical (unpaired) electrons. The van der Waals surface area contributed by atoms with Gasteiger partial charge < -0.3 is 14.4 Å². The number of nitrogens with zero attached hydrogens (tertiary/aromatic N) is 3. The Hall–Kier alpha value is -1.21. The van der Waals surface area contributed by atoms with Crippen LogP contribution in [0.15, 0.2) is 24.3 Å². The van der Waals surface area contributed by atoms with Gasteiger partial charge in [-0.3, -0.25) is 4.90 Å². The van der Waals surface area contributed by atoms with Crippen LogP contribution in [0.25, 0.3) is 10.1 Å². The third-order valence-corrected chi connectivity index (χ3v) is 7.18. The highest BCUT2D eigenvalue weighted by atomic mass is 32.1. The van der Waals surface area contributed by atoms with Crippen molar-refractivity contribution in [1.82, 2.24) is 9.27 Å². The summed E-state index contributed by atoms with van der Waals surface area (Å²) in [6.07, 6.45) is 4.47. The van der Waals surface area contributed by atoms with Crippen LogP contribution in [-0.4, -0.2) is 66.9 Å². The number of ether oxygens (including phenoxy) is 2. The SMILES string of the molecule is c1ccc2c(N3CCN([C@H]4CCOC5(CCOCC5)C4)CC3)nsc2c1. The smallest absolute Gasteiger partial charge is 0.150 e. The molecule has 1 atom stereocenters. The van der Waals surface area contributed by atoms with Crippen molar-refractivity contribution in [1.29, 1.82) is 0 Å². The molecule has 0 aliphatic carbocycles. The van der Waals surface area contributed by atoms with E-state index in [4.69, 9.17) is 13.8 Å². The summed E-state index contributed by atoms with van der Waals surface area (Å²) < 4.78 is 17.8. The van der Waals surface area contributed by atoms with Gasteiger partial charge in [0, 0.05) is 57.4 Å². The van der Waals surface area contributed by atoms with E-state index in [1.807, 2.05) is 0 Å². The molecule has 0 bridgehead atoms. The molecule has 0 N–H and O–H groups in total. The molecule has 0 unspecified atom stereocenters. The molecule has 0 amide bonds. The molecule has 3 aliphatic heterocycles. The number of rotatable bonds is 2. The van der Waals surface area contributed by atoms with Gasteiger partial charge in [-0.05, 0) is 49.3 Å². The maximum Gasteiger partial charge on any atom is 0.150 e. The number of anilines is 1. The standard InChI is InChI=1S/C20H27N3O2S/c1-2-4-18-17(3-1)19(21-26-18)23-10-8-22(9-11-23)16-5-12-25-20(15-16)6-13-24-14-7-20/h1-4,16H,5-15H2/t16-/m0/s1. The molecular formula is C20H27N3O2S. The Kier molecular flexibility index (Phi) is 4.61. The summed E-state index contributed by atoms with van der Waals surface area (Å²) in [6.45, 7) is 7.02. The lowest BCUT2D eigenvalue weighted by atomic mass is 9.83. The van der Waals surface area contributed by atoms with Gasteiger partial charge in [0.05, 0.1) is 10.3 Å². The summed E-state index contributed by atoms with van der Waals surface area (Å²) in [4.78, 5) is 5.17. The highest BCUT2D eigenvalue weighted by molar-refractivity contribution is 7.13. The zero-order valence-corrected chi connectivity index (χ0v) is 16.0. The lowest BCUT2D eigenvalue weighted by molar-refractivity contribution is -0.151. The number of hydrogen-bond donors (Lipinski definition) is 0. The fraction of sp³-hybridized carbons (Fsp3) is 0.650. The lowest BCUT2D eigenvalue weighted by Gasteiger charge is -2.48. The van der Waals surface area contributed by atoms with Crippen molar-refractivity contribution < 1.29 is 9.47 Å². The summed E-state index contributed by atoms with van der Waals surface area (Å²) in [6, 6.07) is 9.25. The first-order valence-electron chi connectivity index (χ1n) is 9.88. The molecule has 1 spiro atoms. The fourth-order valence-electron chi connectivity index (χ4n) is 4.80. The van der Waals surface area contributed by atoms with Crippen molar-refractivity contribution >= 4 is 27.4 Å². The van der Waals surface area contributed by atoms with Gasteiger partial charge in [-0.15, -0.1) is 0 Å². The predicted octanol–water partition coefficient (Wildman–Crippen LogP) is 3.15. The molecule has 0 saturated carbocycles. The van der Waals surface area contributed by atoms with E-state index >= 15 is 0 Å². The first-order valence-corrected chi connectivity index (χ1v) is 10.7. The summed E-state index contributed by atoms with van der Waals surface area (Å²) in [5.41, 5.74) is 0.0867. The van der Waals surface area contributed by atoms with Crippen molar-refractivity contribution in [3.05, 3.63) is 24.3 Å². The summed E-state index contributed by atoms with van der Waals surface area (Å²) in [7, 11) is 0. The molecule has 1 aromatic heterocycles. The van der Waals surface area contributed by atoms with Crippen LogP contribution in [0.1, 0.15) is 25.7 Å². The molecule has 26 heavy (non-hydrogen) atoms. The number of piperazine rings is 1. The molecular weight excluding hydrogens is 346 g/mol. The van der Waals surface area contributed by atoms with Crippen molar-refractivity contribution in [3.8, 4) is 0 Å². The second kappa shape index (κ2) is 7.08. The average molecular weight is 374 g/mol. The van der Waals surface area contributed by atoms with Gasteiger partial charge in [-0.2, -0.15) is 4.37 Å². The van der Waals surface area contributed by atoms with Crippen LogP contribution in [-0.2, 0) is 9.47 Å². The van der Waals surface area contributed by atoms with Gasteiger partial charge in [0.1, 0.15) is 5.82 Å². The van der Waals surface area contributed by atoms with E-state index in [0.717, 1.165) is 58.8 Å². The van der Waals surface area contributed by atoms with E-state index in [9.17, 15) is 0 Å². The molecule has 5 nitrogen and oxygen atoms in total. The van der Waals surface area contributed by atoms with Crippen molar-refractivity contribution in [2.75, 3.05) is 50.9 Å². The largest absolute Gasteiger partial charge is 0.381 e. The minimum absolute atomic E-state index is 0.0867. The van der Waals surface area contributed by atoms with E-state index in [1.165, 1.54) is 28.7 Å². The average Bonchev–Trinajstić information content (AvgIpc) is 3.13. The van der Waals surface area contributed by atoms with Gasteiger partial charge in [0.25, 0.3) is 0 Å². The topological polar surface area (TPSA) is 37.8 Å².